The minimum absolute atomic E-state index is 0.376. The molecule has 1 aromatic rings. The summed E-state index contributed by atoms with van der Waals surface area (Å²) in [7, 11) is 0. The molecule has 14 heavy (non-hydrogen) atoms. The molecule has 0 atom stereocenters. The van der Waals surface area contributed by atoms with Gasteiger partial charge in [0.05, 0.1) is 0 Å². The van der Waals surface area contributed by atoms with Gasteiger partial charge in [-0.3, -0.25) is 0 Å². The molecule has 0 saturated carbocycles. The van der Waals surface area contributed by atoms with Crippen LogP contribution < -0.4 is 4.52 Å². The molecule has 1 aromatic carbocycles. The van der Waals surface area contributed by atoms with Crippen LogP contribution in [-0.4, -0.2) is 15.9 Å². The summed E-state index contributed by atoms with van der Waals surface area (Å²) in [6, 6.07) is 8.45. The summed E-state index contributed by atoms with van der Waals surface area (Å²) >= 11 is 4.27. The van der Waals surface area contributed by atoms with Crippen LogP contribution >= 0.6 is 6.72 Å². The molecule has 76 valence electrons. The number of para-hydroxylation sites is 1. The molecule has 0 saturated heterocycles. The van der Waals surface area contributed by atoms with E-state index in [1.807, 2.05) is 0 Å². The van der Waals surface area contributed by atoms with E-state index in [2.05, 4.69) is 16.3 Å². The van der Waals surface area contributed by atoms with Crippen LogP contribution in [0.3, 0.4) is 0 Å². The van der Waals surface area contributed by atoms with Gasteiger partial charge >= 0.3 is 6.72 Å². The number of carbonyl (C=O) groups excluding carboxylic acids is 1. The Kier molecular flexibility index (Phi) is 5.95. The molecule has 0 aliphatic rings. The van der Waals surface area contributed by atoms with E-state index in [1.165, 1.54) is 0 Å². The van der Waals surface area contributed by atoms with Crippen LogP contribution in [0.4, 0.5) is 0 Å². The molecule has 0 amide bonds. The number of benzene rings is 1. The molecule has 0 heterocycles. The number of rotatable bonds is 2. The van der Waals surface area contributed by atoms with E-state index >= 15 is 0 Å². The van der Waals surface area contributed by atoms with E-state index in [1.54, 1.807) is 30.3 Å². The fraction of sp³-hybridized carbons (Fsp3) is 0. The predicted molar refractivity (Wildman–Crippen MR) is 54.2 cm³/mol. The summed E-state index contributed by atoms with van der Waals surface area (Å²) in [4.78, 5) is 25.8. The first-order valence-electron chi connectivity index (χ1n) is 3.33. The molecule has 0 aliphatic carbocycles. The fourth-order valence-corrected chi connectivity index (χ4v) is 1.27. The van der Waals surface area contributed by atoms with Crippen molar-refractivity contribution in [3.05, 3.63) is 30.3 Å². The van der Waals surface area contributed by atoms with E-state index < -0.39 is 6.72 Å². The van der Waals surface area contributed by atoms with E-state index in [9.17, 15) is 0 Å². The third kappa shape index (κ3) is 7.61. The Labute approximate surface area is 85.7 Å². The molecule has 5 nitrogen and oxygen atoms in total. The van der Waals surface area contributed by atoms with Crippen LogP contribution in [0.5, 0.6) is 5.75 Å². The van der Waals surface area contributed by atoms with E-state index in [0.29, 0.717) is 5.75 Å². The van der Waals surface area contributed by atoms with Crippen molar-refractivity contribution in [2.45, 2.75) is 0 Å². The van der Waals surface area contributed by atoms with Crippen molar-refractivity contribution < 1.29 is 19.1 Å². The second-order valence-electron chi connectivity index (χ2n) is 2.00. The van der Waals surface area contributed by atoms with Crippen LogP contribution in [0.1, 0.15) is 0 Å². The highest BCUT2D eigenvalue weighted by Crippen LogP contribution is 2.37. The summed E-state index contributed by atoms with van der Waals surface area (Å²) < 4.78 is 4.64. The highest BCUT2D eigenvalue weighted by molar-refractivity contribution is 8.06. The van der Waals surface area contributed by atoms with Gasteiger partial charge in [-0.25, -0.2) is 10.2 Å². The van der Waals surface area contributed by atoms with Gasteiger partial charge in [0, 0.05) is 11.8 Å². The lowest BCUT2D eigenvalue weighted by Gasteiger charge is -2.08. The van der Waals surface area contributed by atoms with Gasteiger partial charge in [0.15, 0.2) is 0 Å². The molecule has 0 bridgehead atoms. The van der Waals surface area contributed by atoms with Crippen LogP contribution in [0.15, 0.2) is 30.3 Å². The SMILES string of the molecule is N=C=O.OP(O)(=S)Oc1ccccc1. The zero-order chi connectivity index (χ0) is 11.0. The van der Waals surface area contributed by atoms with Crippen molar-refractivity contribution in [3.8, 4) is 5.75 Å². The Morgan fingerprint density at radius 1 is 1.36 bits per heavy atom. The van der Waals surface area contributed by atoms with Crippen LogP contribution in [-0.2, 0) is 16.6 Å². The first-order valence-corrected chi connectivity index (χ1v) is 5.96. The minimum Gasteiger partial charge on any atom is -0.424 e. The van der Waals surface area contributed by atoms with E-state index in [0.717, 1.165) is 6.08 Å². The second-order valence-corrected chi connectivity index (χ2v) is 4.59. The Morgan fingerprint density at radius 3 is 2.14 bits per heavy atom. The lowest BCUT2D eigenvalue weighted by Crippen LogP contribution is -1.88. The quantitative estimate of drug-likeness (QED) is 0.405. The summed E-state index contributed by atoms with van der Waals surface area (Å²) in [5, 5.41) is 5.40. The molecule has 0 spiro atoms. The predicted octanol–water partition coefficient (Wildman–Crippen LogP) is 1.18. The number of nitrogens with one attached hydrogen (secondary N) is 1. The fourth-order valence-electron chi connectivity index (χ4n) is 0.619. The number of hydrogen-bond acceptors (Lipinski definition) is 4. The smallest absolute Gasteiger partial charge is 0.375 e. The molecule has 0 unspecified atom stereocenters. The van der Waals surface area contributed by atoms with Gasteiger partial charge in [-0.2, -0.15) is 0 Å². The van der Waals surface area contributed by atoms with Crippen molar-refractivity contribution in [2.24, 2.45) is 0 Å². The van der Waals surface area contributed by atoms with Crippen molar-refractivity contribution >= 4 is 24.6 Å². The van der Waals surface area contributed by atoms with Crippen molar-refractivity contribution in [1.29, 1.82) is 5.41 Å². The van der Waals surface area contributed by atoms with Crippen LogP contribution in [0.2, 0.25) is 0 Å². The summed E-state index contributed by atoms with van der Waals surface area (Å²) in [5.41, 5.74) is 0. The monoisotopic (exact) mass is 233 g/mol. The average molecular weight is 233 g/mol. The Balaban J connectivity index is 0.000000500. The van der Waals surface area contributed by atoms with E-state index in [-0.39, 0.29) is 0 Å². The topological polar surface area (TPSA) is 90.6 Å². The number of isocyanates is 1. The van der Waals surface area contributed by atoms with Crippen molar-refractivity contribution in [2.75, 3.05) is 0 Å². The Morgan fingerprint density at radius 2 is 1.79 bits per heavy atom. The molecule has 0 aromatic heterocycles. The molecule has 7 heteroatoms. The molecule has 0 radical (unpaired) electrons. The molecular weight excluding hydrogens is 225 g/mol. The highest BCUT2D eigenvalue weighted by Gasteiger charge is 2.08. The van der Waals surface area contributed by atoms with Gasteiger partial charge in [0.1, 0.15) is 5.75 Å². The molecule has 0 aliphatic heterocycles. The lowest BCUT2D eigenvalue weighted by molar-refractivity contribution is 0.370. The normalized spacial score (nSPS) is 9.29. The summed E-state index contributed by atoms with van der Waals surface area (Å²) in [6.07, 6.45) is 0.750. The second kappa shape index (κ2) is 6.43. The van der Waals surface area contributed by atoms with E-state index in [4.69, 9.17) is 20.0 Å². The summed E-state index contributed by atoms with van der Waals surface area (Å²) in [6.45, 7) is -3.55. The maximum absolute atomic E-state index is 8.73. The Hall–Kier alpha value is -1.03. The maximum atomic E-state index is 8.73. The summed E-state index contributed by atoms with van der Waals surface area (Å²) in [5.74, 6) is 0.376. The zero-order valence-electron chi connectivity index (χ0n) is 6.95. The van der Waals surface area contributed by atoms with Gasteiger partial charge in [0.2, 0.25) is 6.08 Å². The van der Waals surface area contributed by atoms with Gasteiger partial charge < -0.3 is 14.3 Å². The van der Waals surface area contributed by atoms with Gasteiger partial charge in [-0.15, -0.1) is 0 Å². The molecule has 3 N–H and O–H groups in total. The van der Waals surface area contributed by atoms with Crippen LogP contribution in [0.25, 0.3) is 0 Å². The van der Waals surface area contributed by atoms with Gasteiger partial charge in [-0.05, 0) is 12.1 Å². The first kappa shape index (κ1) is 13.0. The average Bonchev–Trinajstić information content (AvgIpc) is 2.04. The lowest BCUT2D eigenvalue weighted by atomic mass is 10.3. The zero-order valence-corrected chi connectivity index (χ0v) is 8.66. The number of hydrogen-bond donors (Lipinski definition) is 3. The van der Waals surface area contributed by atoms with Gasteiger partial charge in [-0.1, -0.05) is 18.2 Å². The Bertz CT molecular complexity index is 344. The third-order valence-corrected chi connectivity index (χ3v) is 1.64. The van der Waals surface area contributed by atoms with Crippen LogP contribution in [0, 0.1) is 5.41 Å². The third-order valence-electron chi connectivity index (χ3n) is 0.968. The molecule has 1 rings (SSSR count). The van der Waals surface area contributed by atoms with Crippen molar-refractivity contribution in [3.63, 3.8) is 0 Å². The maximum Gasteiger partial charge on any atom is 0.375 e. The van der Waals surface area contributed by atoms with Crippen molar-refractivity contribution in [1.82, 2.24) is 0 Å². The van der Waals surface area contributed by atoms with Gasteiger partial charge in [0.25, 0.3) is 0 Å². The highest BCUT2D eigenvalue weighted by atomic mass is 32.5. The molecular formula is C7H8NO4PS. The first-order chi connectivity index (χ1) is 6.49. The molecule has 0 fully saturated rings. The largest absolute Gasteiger partial charge is 0.424 e. The minimum atomic E-state index is -3.55. The standard InChI is InChI=1S/C6H7O3PS.CHNO/c7-10(8,11)9-6-4-2-1-3-5-6;2-1-3/h1-5H,(H2,7,8,11);2H.